The van der Waals surface area contributed by atoms with E-state index in [0.29, 0.717) is 0 Å². The van der Waals surface area contributed by atoms with Gasteiger partial charge in [0.25, 0.3) is 5.89 Å². The van der Waals surface area contributed by atoms with Gasteiger partial charge in [-0.1, -0.05) is 5.16 Å². The fourth-order valence-electron chi connectivity index (χ4n) is 1.34. The second-order valence-corrected chi connectivity index (χ2v) is 3.78. The molecule has 1 fully saturated rings. The molecule has 0 aliphatic heterocycles. The smallest absolute Gasteiger partial charge is 0.315 e. The third kappa shape index (κ3) is 2.53. The summed E-state index contributed by atoms with van der Waals surface area (Å²) in [6.07, 6.45) is 0.702. The van der Waals surface area contributed by atoms with E-state index in [1.54, 1.807) is 0 Å². The van der Waals surface area contributed by atoms with Crippen LogP contribution in [0.3, 0.4) is 0 Å². The molecule has 0 bridgehead atoms. The largest absolute Gasteiger partial charge is 0.376 e. The molecule has 1 aliphatic carbocycles. The highest BCUT2D eigenvalue weighted by Crippen LogP contribution is 2.23. The quantitative estimate of drug-likeness (QED) is 0.835. The summed E-state index contributed by atoms with van der Waals surface area (Å²) in [7, 11) is 0. The topological polar surface area (TPSA) is 74.2 Å². The second kappa shape index (κ2) is 4.84. The Hall–Kier alpha value is -1.08. The molecule has 1 aromatic heterocycles. The van der Waals surface area contributed by atoms with Crippen LogP contribution in [-0.4, -0.2) is 22.9 Å². The van der Waals surface area contributed by atoms with Crippen LogP contribution in [0.5, 0.6) is 0 Å². The van der Waals surface area contributed by atoms with Crippen molar-refractivity contribution in [2.24, 2.45) is 5.73 Å². The Morgan fingerprint density at radius 1 is 1.50 bits per heavy atom. The number of hydrogen-bond donors (Lipinski definition) is 1. The van der Waals surface area contributed by atoms with Crippen LogP contribution in [0.2, 0.25) is 0 Å². The predicted molar refractivity (Wildman–Crippen MR) is 49.8 cm³/mol. The van der Waals surface area contributed by atoms with Crippen molar-refractivity contribution in [1.82, 2.24) is 10.1 Å². The van der Waals surface area contributed by atoms with Gasteiger partial charge in [-0.25, -0.2) is 0 Å². The number of aromatic nitrogens is 2. The Balaban J connectivity index is 1.84. The van der Waals surface area contributed by atoms with Gasteiger partial charge in [0.05, 0.1) is 18.8 Å². The lowest BCUT2D eigenvalue weighted by atomic mass is 9.96. The normalized spacial score (nSPS) is 18.8. The third-order valence-electron chi connectivity index (χ3n) is 2.54. The second-order valence-electron chi connectivity index (χ2n) is 3.78. The molecule has 0 aromatic carbocycles. The zero-order valence-corrected chi connectivity index (χ0v) is 8.60. The van der Waals surface area contributed by atoms with Gasteiger partial charge in [0.15, 0.2) is 5.82 Å². The Kier molecular flexibility index (Phi) is 3.45. The summed E-state index contributed by atoms with van der Waals surface area (Å²) in [5.41, 5.74) is 5.68. The number of nitrogens with two attached hydrogens (primary N) is 1. The van der Waals surface area contributed by atoms with Gasteiger partial charge in [-0.2, -0.15) is 13.8 Å². The number of hydrogen-bond acceptors (Lipinski definition) is 5. The van der Waals surface area contributed by atoms with E-state index in [2.05, 4.69) is 14.7 Å². The van der Waals surface area contributed by atoms with Gasteiger partial charge in [0, 0.05) is 0 Å². The van der Waals surface area contributed by atoms with E-state index in [1.165, 1.54) is 0 Å². The van der Waals surface area contributed by atoms with Crippen molar-refractivity contribution in [1.29, 1.82) is 0 Å². The molecule has 0 radical (unpaired) electrons. The molecule has 0 saturated heterocycles. The number of nitrogens with zero attached hydrogens (tertiary/aromatic N) is 2. The molecule has 1 saturated carbocycles. The zero-order chi connectivity index (χ0) is 11.5. The molecule has 2 N–H and O–H groups in total. The molecule has 5 nitrogen and oxygen atoms in total. The minimum Gasteiger partial charge on any atom is -0.376 e. The summed E-state index contributed by atoms with van der Waals surface area (Å²) in [5, 5.41) is 3.39. The van der Waals surface area contributed by atoms with Crippen LogP contribution in [0.25, 0.3) is 0 Å². The average Bonchev–Trinajstić information content (AvgIpc) is 2.63. The lowest BCUT2D eigenvalue weighted by molar-refractivity contribution is -0.00549. The van der Waals surface area contributed by atoms with Crippen molar-refractivity contribution < 1.29 is 18.0 Å². The van der Waals surface area contributed by atoms with Gasteiger partial charge in [0.2, 0.25) is 0 Å². The maximum atomic E-state index is 12.2. The van der Waals surface area contributed by atoms with Crippen molar-refractivity contribution >= 4 is 0 Å². The van der Waals surface area contributed by atoms with Gasteiger partial charge in [-0.05, 0) is 19.3 Å². The Morgan fingerprint density at radius 3 is 2.75 bits per heavy atom. The molecule has 1 heterocycles. The summed E-state index contributed by atoms with van der Waals surface area (Å²) >= 11 is 0. The molecule has 90 valence electrons. The average molecular weight is 233 g/mol. The van der Waals surface area contributed by atoms with Crippen LogP contribution in [-0.2, 0) is 4.74 Å². The number of alkyl halides is 2. The molecule has 0 spiro atoms. The van der Waals surface area contributed by atoms with Gasteiger partial charge >= 0.3 is 6.43 Å². The van der Waals surface area contributed by atoms with Crippen LogP contribution in [0.4, 0.5) is 8.78 Å². The van der Waals surface area contributed by atoms with Crippen molar-refractivity contribution in [3.05, 3.63) is 11.7 Å². The fraction of sp³-hybridized carbons (Fsp3) is 0.778. The lowest BCUT2D eigenvalue weighted by Crippen LogP contribution is -2.27. The minimum atomic E-state index is -2.76. The van der Waals surface area contributed by atoms with Crippen molar-refractivity contribution in [2.75, 3.05) is 6.61 Å². The summed E-state index contributed by atoms with van der Waals surface area (Å²) in [6, 6.07) is -0.614. The molecule has 1 aromatic rings. The highest BCUT2D eigenvalue weighted by Gasteiger charge is 2.23. The van der Waals surface area contributed by atoms with E-state index in [1.807, 2.05) is 0 Å². The lowest BCUT2D eigenvalue weighted by Gasteiger charge is -2.26. The first kappa shape index (κ1) is 11.4. The molecule has 1 atom stereocenters. The first-order valence-electron chi connectivity index (χ1n) is 5.15. The maximum absolute atomic E-state index is 12.2. The van der Waals surface area contributed by atoms with E-state index < -0.39 is 18.4 Å². The first-order chi connectivity index (χ1) is 7.66. The fourth-order valence-corrected chi connectivity index (χ4v) is 1.34. The van der Waals surface area contributed by atoms with E-state index in [0.717, 1.165) is 19.3 Å². The number of ether oxygens (including phenoxy) is 1. The first-order valence-corrected chi connectivity index (χ1v) is 5.15. The number of rotatable bonds is 5. The molecule has 0 amide bonds. The molecular formula is C9H13F2N3O2. The van der Waals surface area contributed by atoms with Crippen molar-refractivity contribution in [3.8, 4) is 0 Å². The van der Waals surface area contributed by atoms with E-state index >= 15 is 0 Å². The predicted octanol–water partition coefficient (Wildman–Crippen LogP) is 1.58. The van der Waals surface area contributed by atoms with Crippen molar-refractivity contribution in [2.45, 2.75) is 37.8 Å². The summed E-state index contributed by atoms with van der Waals surface area (Å²) in [6.45, 7) is 0.229. The highest BCUT2D eigenvalue weighted by atomic mass is 19.3. The van der Waals surface area contributed by atoms with Crippen LogP contribution in [0.15, 0.2) is 4.52 Å². The number of halogens is 2. The summed E-state index contributed by atoms with van der Waals surface area (Å²) < 4.78 is 34.1. The van der Waals surface area contributed by atoms with Gasteiger partial charge in [-0.3, -0.25) is 0 Å². The van der Waals surface area contributed by atoms with Gasteiger partial charge in [-0.15, -0.1) is 0 Å². The minimum absolute atomic E-state index is 0.0645. The summed E-state index contributed by atoms with van der Waals surface area (Å²) in [5.74, 6) is -0.635. The molecule has 1 unspecified atom stereocenters. The standard InChI is InChI=1S/C9H13F2N3O2/c10-7(11)9-13-8(14-16-9)6(12)4-15-5-2-1-3-5/h5-7H,1-4,12H2. The monoisotopic (exact) mass is 233 g/mol. The van der Waals surface area contributed by atoms with E-state index in [4.69, 9.17) is 10.5 Å². The van der Waals surface area contributed by atoms with E-state index in [-0.39, 0.29) is 18.5 Å². The molecule has 2 rings (SSSR count). The SMILES string of the molecule is NC(COC1CCC1)c1noc(C(F)F)n1. The third-order valence-corrected chi connectivity index (χ3v) is 2.54. The Morgan fingerprint density at radius 2 is 2.25 bits per heavy atom. The Labute approximate surface area is 90.9 Å². The molecule has 1 aliphatic rings. The summed E-state index contributed by atoms with van der Waals surface area (Å²) in [4.78, 5) is 3.50. The van der Waals surface area contributed by atoms with Gasteiger partial charge < -0.3 is 15.0 Å². The van der Waals surface area contributed by atoms with Crippen LogP contribution >= 0.6 is 0 Å². The highest BCUT2D eigenvalue weighted by molar-refractivity contribution is 4.93. The molecule has 7 heteroatoms. The van der Waals surface area contributed by atoms with Crippen LogP contribution in [0, 0.1) is 0 Å². The molecule has 16 heavy (non-hydrogen) atoms. The van der Waals surface area contributed by atoms with Crippen LogP contribution in [0.1, 0.15) is 43.4 Å². The zero-order valence-electron chi connectivity index (χ0n) is 8.60. The van der Waals surface area contributed by atoms with Gasteiger partial charge in [0.1, 0.15) is 0 Å². The Bertz CT molecular complexity index is 341. The van der Waals surface area contributed by atoms with Crippen LogP contribution < -0.4 is 5.73 Å². The maximum Gasteiger partial charge on any atom is 0.315 e. The molecular weight excluding hydrogens is 220 g/mol. The van der Waals surface area contributed by atoms with E-state index in [9.17, 15) is 8.78 Å². The van der Waals surface area contributed by atoms with Crippen molar-refractivity contribution in [3.63, 3.8) is 0 Å².